The van der Waals surface area contributed by atoms with Crippen molar-refractivity contribution in [2.24, 2.45) is 0 Å². The van der Waals surface area contributed by atoms with Gasteiger partial charge in [0.25, 0.3) is 5.91 Å². The molecule has 2 N–H and O–H groups in total. The Balaban J connectivity index is 1.99. The van der Waals surface area contributed by atoms with E-state index < -0.39 is 0 Å². The summed E-state index contributed by atoms with van der Waals surface area (Å²) in [5, 5.41) is 13.6. The first-order chi connectivity index (χ1) is 8.24. The summed E-state index contributed by atoms with van der Waals surface area (Å²) < 4.78 is 1.71. The third-order valence-electron chi connectivity index (χ3n) is 2.79. The summed E-state index contributed by atoms with van der Waals surface area (Å²) in [5.41, 5.74) is 0.311. The van der Waals surface area contributed by atoms with Gasteiger partial charge in [-0.25, -0.2) is 4.68 Å². The van der Waals surface area contributed by atoms with E-state index in [-0.39, 0.29) is 11.9 Å². The minimum Gasteiger partial charge on any atom is -0.337 e. The monoisotopic (exact) mass is 233 g/mol. The third kappa shape index (κ3) is 2.45. The second-order valence-electron chi connectivity index (χ2n) is 4.00. The van der Waals surface area contributed by atoms with Crippen LogP contribution in [-0.4, -0.2) is 40.0 Å². The molecule has 0 spiro atoms. The molecule has 0 bridgehead atoms. The van der Waals surface area contributed by atoms with Crippen LogP contribution in [0.15, 0.2) is 6.20 Å². The minimum atomic E-state index is -0.270. The van der Waals surface area contributed by atoms with Crippen molar-refractivity contribution in [1.82, 2.24) is 25.6 Å². The summed E-state index contributed by atoms with van der Waals surface area (Å²) in [6, 6.07) is 0.0525. The molecule has 0 radical (unpaired) electrons. The second kappa shape index (κ2) is 4.97. The highest BCUT2D eigenvalue weighted by Gasteiger charge is 2.22. The van der Waals surface area contributed by atoms with Gasteiger partial charge in [-0.3, -0.25) is 4.79 Å². The lowest BCUT2D eigenvalue weighted by Crippen LogP contribution is -2.43. The van der Waals surface area contributed by atoms with Crippen LogP contribution < -0.4 is 10.6 Å². The van der Waals surface area contributed by atoms with Crippen molar-refractivity contribution in [2.45, 2.75) is 25.4 Å². The first-order valence-corrected chi connectivity index (χ1v) is 5.64. The Morgan fingerprint density at radius 1 is 1.82 bits per heavy atom. The van der Waals surface area contributed by atoms with Gasteiger partial charge in [-0.05, 0) is 6.42 Å². The SMILES string of the molecule is C#CC(CC)NC(=O)c1cn(C2CNC2)nn1. The predicted molar refractivity (Wildman–Crippen MR) is 62.3 cm³/mol. The van der Waals surface area contributed by atoms with E-state index in [9.17, 15) is 4.79 Å². The number of terminal acetylenes is 1. The average molecular weight is 233 g/mol. The Bertz CT molecular complexity index is 443. The zero-order valence-corrected chi connectivity index (χ0v) is 9.68. The quantitative estimate of drug-likeness (QED) is 0.692. The van der Waals surface area contributed by atoms with E-state index in [2.05, 4.69) is 26.9 Å². The summed E-state index contributed by atoms with van der Waals surface area (Å²) in [6.07, 6.45) is 7.63. The Labute approximate surface area is 99.8 Å². The van der Waals surface area contributed by atoms with E-state index in [0.29, 0.717) is 18.2 Å². The van der Waals surface area contributed by atoms with Crippen LogP contribution in [0.1, 0.15) is 29.9 Å². The van der Waals surface area contributed by atoms with Gasteiger partial charge in [-0.15, -0.1) is 11.5 Å². The number of amides is 1. The summed E-state index contributed by atoms with van der Waals surface area (Å²) in [6.45, 7) is 3.65. The maximum atomic E-state index is 11.8. The largest absolute Gasteiger partial charge is 0.337 e. The molecule has 2 rings (SSSR count). The summed E-state index contributed by atoms with van der Waals surface area (Å²) in [5.74, 6) is 2.24. The molecule has 90 valence electrons. The van der Waals surface area contributed by atoms with Crippen molar-refractivity contribution in [2.75, 3.05) is 13.1 Å². The Kier molecular flexibility index (Phi) is 3.40. The van der Waals surface area contributed by atoms with Crippen molar-refractivity contribution in [3.63, 3.8) is 0 Å². The maximum Gasteiger partial charge on any atom is 0.274 e. The van der Waals surface area contributed by atoms with Crippen LogP contribution in [0.2, 0.25) is 0 Å². The fraction of sp³-hybridized carbons (Fsp3) is 0.545. The lowest BCUT2D eigenvalue weighted by atomic mass is 10.2. The lowest BCUT2D eigenvalue weighted by molar-refractivity contribution is 0.0940. The maximum absolute atomic E-state index is 11.8. The zero-order valence-electron chi connectivity index (χ0n) is 9.68. The van der Waals surface area contributed by atoms with Gasteiger partial charge < -0.3 is 10.6 Å². The molecule has 0 saturated carbocycles. The van der Waals surface area contributed by atoms with Crippen LogP contribution >= 0.6 is 0 Å². The first-order valence-electron chi connectivity index (χ1n) is 5.64. The highest BCUT2D eigenvalue weighted by atomic mass is 16.2. The number of hydrogen-bond donors (Lipinski definition) is 2. The molecule has 1 aromatic rings. The Hall–Kier alpha value is -1.87. The topological polar surface area (TPSA) is 71.8 Å². The molecule has 2 heterocycles. The fourth-order valence-corrected chi connectivity index (χ4v) is 1.51. The van der Waals surface area contributed by atoms with Gasteiger partial charge in [-0.1, -0.05) is 18.1 Å². The Morgan fingerprint density at radius 3 is 3.12 bits per heavy atom. The second-order valence-corrected chi connectivity index (χ2v) is 4.00. The molecule has 1 aliphatic heterocycles. The van der Waals surface area contributed by atoms with E-state index in [1.165, 1.54) is 0 Å². The molecular weight excluding hydrogens is 218 g/mol. The molecule has 0 aliphatic carbocycles. The van der Waals surface area contributed by atoms with Crippen LogP contribution in [0.25, 0.3) is 0 Å². The number of rotatable bonds is 4. The first kappa shape index (κ1) is 11.6. The van der Waals surface area contributed by atoms with Crippen molar-refractivity contribution < 1.29 is 4.79 Å². The standard InChI is InChI=1S/C11H15N5O/c1-3-8(4-2)13-11(17)10-7-16(15-14-10)9-5-12-6-9/h1,7-9,12H,4-6H2,2H3,(H,13,17). The molecule has 1 atom stereocenters. The number of carbonyl (C=O) groups excluding carboxylic acids is 1. The number of nitrogens with one attached hydrogen (secondary N) is 2. The van der Waals surface area contributed by atoms with Crippen LogP contribution in [0.5, 0.6) is 0 Å². The van der Waals surface area contributed by atoms with Gasteiger partial charge in [0.05, 0.1) is 18.3 Å². The van der Waals surface area contributed by atoms with Crippen molar-refractivity contribution in [3.05, 3.63) is 11.9 Å². The molecule has 1 saturated heterocycles. The number of nitrogens with zero attached hydrogens (tertiary/aromatic N) is 3. The molecule has 0 aromatic carbocycles. The van der Waals surface area contributed by atoms with E-state index in [1.807, 2.05) is 6.92 Å². The van der Waals surface area contributed by atoms with Gasteiger partial charge in [0, 0.05) is 13.1 Å². The van der Waals surface area contributed by atoms with Crippen molar-refractivity contribution >= 4 is 5.91 Å². The molecule has 1 unspecified atom stereocenters. The molecule has 1 aliphatic rings. The van der Waals surface area contributed by atoms with E-state index in [1.54, 1.807) is 10.9 Å². The molecule has 1 fully saturated rings. The fourth-order valence-electron chi connectivity index (χ4n) is 1.51. The van der Waals surface area contributed by atoms with E-state index in [0.717, 1.165) is 13.1 Å². The molecule has 6 nitrogen and oxygen atoms in total. The summed E-state index contributed by atoms with van der Waals surface area (Å²) in [4.78, 5) is 11.8. The number of carbonyl (C=O) groups is 1. The van der Waals surface area contributed by atoms with Gasteiger partial charge in [0.1, 0.15) is 0 Å². The van der Waals surface area contributed by atoms with Gasteiger partial charge >= 0.3 is 0 Å². The average Bonchev–Trinajstić information content (AvgIpc) is 2.72. The van der Waals surface area contributed by atoms with Crippen LogP contribution in [0.3, 0.4) is 0 Å². The molecule has 1 amide bonds. The minimum absolute atomic E-state index is 0.252. The number of aromatic nitrogens is 3. The molecule has 17 heavy (non-hydrogen) atoms. The van der Waals surface area contributed by atoms with Crippen molar-refractivity contribution in [3.8, 4) is 12.3 Å². The zero-order chi connectivity index (χ0) is 12.3. The van der Waals surface area contributed by atoms with Gasteiger partial charge in [0.2, 0.25) is 0 Å². The smallest absolute Gasteiger partial charge is 0.274 e. The normalized spacial score (nSPS) is 16.9. The predicted octanol–water partition coefficient (Wildman–Crippen LogP) is -0.436. The number of hydrogen-bond acceptors (Lipinski definition) is 4. The summed E-state index contributed by atoms with van der Waals surface area (Å²) in [7, 11) is 0. The third-order valence-corrected chi connectivity index (χ3v) is 2.79. The summed E-state index contributed by atoms with van der Waals surface area (Å²) >= 11 is 0. The molecule has 6 heteroatoms. The van der Waals surface area contributed by atoms with Gasteiger partial charge in [0.15, 0.2) is 5.69 Å². The molecule has 1 aromatic heterocycles. The van der Waals surface area contributed by atoms with Crippen molar-refractivity contribution in [1.29, 1.82) is 0 Å². The van der Waals surface area contributed by atoms with Gasteiger partial charge in [-0.2, -0.15) is 0 Å². The van der Waals surface area contributed by atoms with E-state index >= 15 is 0 Å². The highest BCUT2D eigenvalue weighted by Crippen LogP contribution is 2.09. The highest BCUT2D eigenvalue weighted by molar-refractivity contribution is 5.92. The molecular formula is C11H15N5O. The van der Waals surface area contributed by atoms with Crippen LogP contribution in [0.4, 0.5) is 0 Å². The van der Waals surface area contributed by atoms with E-state index in [4.69, 9.17) is 6.42 Å². The van der Waals surface area contributed by atoms with Crippen LogP contribution in [0, 0.1) is 12.3 Å². The Morgan fingerprint density at radius 2 is 2.59 bits per heavy atom. The lowest BCUT2D eigenvalue weighted by Gasteiger charge is -2.26. The van der Waals surface area contributed by atoms with Crippen LogP contribution in [-0.2, 0) is 0 Å².